The van der Waals surface area contributed by atoms with E-state index in [2.05, 4.69) is 15.9 Å². The van der Waals surface area contributed by atoms with Crippen molar-refractivity contribution in [2.24, 2.45) is 0 Å². The Balaban J connectivity index is 1.99. The zero-order valence-electron chi connectivity index (χ0n) is 8.49. The molecule has 0 saturated heterocycles. The van der Waals surface area contributed by atoms with E-state index >= 15 is 0 Å². The molecule has 3 heteroatoms. The fourth-order valence-electron chi connectivity index (χ4n) is 1.32. The highest BCUT2D eigenvalue weighted by Gasteiger charge is 1.97. The first-order chi connectivity index (χ1) is 7.74. The summed E-state index contributed by atoms with van der Waals surface area (Å²) in [6.07, 6.45) is 0. The number of ether oxygens (including phenoxy) is 1. The summed E-state index contributed by atoms with van der Waals surface area (Å²) in [6, 6.07) is 13.9. The average molecular weight is 281 g/mol. The van der Waals surface area contributed by atoms with Crippen molar-refractivity contribution < 1.29 is 9.13 Å². The maximum absolute atomic E-state index is 12.9. The molecule has 16 heavy (non-hydrogen) atoms. The van der Waals surface area contributed by atoms with Crippen molar-refractivity contribution in [3.05, 3.63) is 64.4 Å². The lowest BCUT2D eigenvalue weighted by Gasteiger charge is -2.06. The molecule has 0 fully saturated rings. The number of halogens is 2. The Bertz CT molecular complexity index is 468. The number of hydrogen-bond acceptors (Lipinski definition) is 1. The van der Waals surface area contributed by atoms with Crippen LogP contribution in [-0.4, -0.2) is 0 Å². The summed E-state index contributed by atoms with van der Waals surface area (Å²) in [5.41, 5.74) is 0.822. The normalized spacial score (nSPS) is 10.1. The first-order valence-corrected chi connectivity index (χ1v) is 5.66. The fourth-order valence-corrected chi connectivity index (χ4v) is 1.59. The molecule has 0 aliphatic carbocycles. The van der Waals surface area contributed by atoms with Gasteiger partial charge in [-0.25, -0.2) is 4.39 Å². The lowest BCUT2D eigenvalue weighted by Crippen LogP contribution is -1.95. The highest BCUT2D eigenvalue weighted by molar-refractivity contribution is 9.10. The van der Waals surface area contributed by atoms with E-state index in [4.69, 9.17) is 4.74 Å². The van der Waals surface area contributed by atoms with Gasteiger partial charge in [0.15, 0.2) is 0 Å². The molecule has 0 radical (unpaired) electrons. The summed E-state index contributed by atoms with van der Waals surface area (Å²) in [5.74, 6) is 0.532. The van der Waals surface area contributed by atoms with Crippen LogP contribution in [0.25, 0.3) is 0 Å². The van der Waals surface area contributed by atoms with Gasteiger partial charge in [0.05, 0.1) is 0 Å². The Hall–Kier alpha value is -1.35. The van der Waals surface area contributed by atoms with Crippen molar-refractivity contribution in [3.63, 3.8) is 0 Å². The molecular formula is C13H10BrFO. The van der Waals surface area contributed by atoms with Crippen molar-refractivity contribution in [2.75, 3.05) is 0 Å². The lowest BCUT2D eigenvalue weighted by molar-refractivity contribution is 0.305. The van der Waals surface area contributed by atoms with Gasteiger partial charge in [-0.3, -0.25) is 0 Å². The summed E-state index contributed by atoms with van der Waals surface area (Å²) in [7, 11) is 0. The van der Waals surface area contributed by atoms with Crippen molar-refractivity contribution in [1.82, 2.24) is 0 Å². The van der Waals surface area contributed by atoms with E-state index in [1.54, 1.807) is 6.07 Å². The van der Waals surface area contributed by atoms with Crippen LogP contribution in [0.2, 0.25) is 0 Å². The molecule has 0 aliphatic heterocycles. The molecule has 82 valence electrons. The maximum Gasteiger partial charge on any atom is 0.123 e. The number of rotatable bonds is 3. The molecule has 1 nitrogen and oxygen atoms in total. The smallest absolute Gasteiger partial charge is 0.123 e. The van der Waals surface area contributed by atoms with Crippen LogP contribution in [0.15, 0.2) is 53.0 Å². The summed E-state index contributed by atoms with van der Waals surface area (Å²) in [6.45, 7) is 0.374. The fraction of sp³-hybridized carbons (Fsp3) is 0.0769. The van der Waals surface area contributed by atoms with E-state index in [0.717, 1.165) is 15.8 Å². The average Bonchev–Trinajstić information content (AvgIpc) is 2.28. The molecule has 0 heterocycles. The molecule has 0 bridgehead atoms. The van der Waals surface area contributed by atoms with Crippen LogP contribution >= 0.6 is 15.9 Å². The van der Waals surface area contributed by atoms with E-state index in [1.807, 2.05) is 30.3 Å². The monoisotopic (exact) mass is 280 g/mol. The highest BCUT2D eigenvalue weighted by atomic mass is 79.9. The van der Waals surface area contributed by atoms with E-state index in [1.165, 1.54) is 12.1 Å². The Morgan fingerprint density at radius 2 is 1.81 bits per heavy atom. The summed E-state index contributed by atoms with van der Waals surface area (Å²) in [4.78, 5) is 0. The molecule has 0 unspecified atom stereocenters. The zero-order chi connectivity index (χ0) is 11.4. The predicted octanol–water partition coefficient (Wildman–Crippen LogP) is 4.17. The van der Waals surface area contributed by atoms with Gasteiger partial charge in [-0.15, -0.1) is 0 Å². The second kappa shape index (κ2) is 5.12. The van der Waals surface area contributed by atoms with Crippen molar-refractivity contribution in [3.8, 4) is 5.75 Å². The first-order valence-electron chi connectivity index (χ1n) is 4.87. The summed E-state index contributed by atoms with van der Waals surface area (Å²) >= 11 is 3.35. The highest BCUT2D eigenvalue weighted by Crippen LogP contribution is 2.17. The largest absolute Gasteiger partial charge is 0.489 e. The van der Waals surface area contributed by atoms with Crippen LogP contribution in [0.4, 0.5) is 4.39 Å². The quantitative estimate of drug-likeness (QED) is 0.820. The molecule has 0 aromatic heterocycles. The van der Waals surface area contributed by atoms with Crippen LogP contribution < -0.4 is 4.74 Å². The van der Waals surface area contributed by atoms with Crippen molar-refractivity contribution >= 4 is 15.9 Å². The summed E-state index contributed by atoms with van der Waals surface area (Å²) < 4.78 is 19.4. The molecule has 0 spiro atoms. The predicted molar refractivity (Wildman–Crippen MR) is 64.9 cm³/mol. The molecule has 0 N–H and O–H groups in total. The zero-order valence-corrected chi connectivity index (χ0v) is 10.1. The minimum Gasteiger partial charge on any atom is -0.489 e. The molecule has 2 aromatic rings. The van der Waals surface area contributed by atoms with Gasteiger partial charge in [-0.05, 0) is 42.0 Å². The molecule has 0 saturated carbocycles. The minimum absolute atomic E-state index is 0.239. The third-order valence-corrected chi connectivity index (χ3v) is 2.64. The van der Waals surface area contributed by atoms with Gasteiger partial charge in [-0.1, -0.05) is 28.1 Å². The van der Waals surface area contributed by atoms with Crippen molar-refractivity contribution in [2.45, 2.75) is 6.61 Å². The van der Waals surface area contributed by atoms with Gasteiger partial charge in [0.25, 0.3) is 0 Å². The maximum atomic E-state index is 12.9. The standard InChI is InChI=1S/C13H10BrFO/c14-11-4-6-13(7-5-11)16-9-10-2-1-3-12(15)8-10/h1-8H,9H2. The number of hydrogen-bond donors (Lipinski definition) is 0. The third kappa shape index (κ3) is 3.07. The van der Waals surface area contributed by atoms with Gasteiger partial charge < -0.3 is 4.74 Å². The molecule has 0 amide bonds. The molecule has 2 aromatic carbocycles. The van der Waals surface area contributed by atoms with Gasteiger partial charge in [0.2, 0.25) is 0 Å². The van der Waals surface area contributed by atoms with Gasteiger partial charge in [0.1, 0.15) is 18.2 Å². The van der Waals surface area contributed by atoms with E-state index in [0.29, 0.717) is 6.61 Å². The molecule has 0 aliphatic rings. The Labute approximate surface area is 102 Å². The first kappa shape index (κ1) is 11.1. The van der Waals surface area contributed by atoms with Gasteiger partial charge in [-0.2, -0.15) is 0 Å². The Kier molecular flexibility index (Phi) is 3.57. The molecule has 2 rings (SSSR count). The number of benzene rings is 2. The van der Waals surface area contributed by atoms with Crippen LogP contribution in [0, 0.1) is 5.82 Å². The Morgan fingerprint density at radius 1 is 1.06 bits per heavy atom. The van der Waals surface area contributed by atoms with E-state index < -0.39 is 0 Å². The van der Waals surface area contributed by atoms with Crippen molar-refractivity contribution in [1.29, 1.82) is 0 Å². The summed E-state index contributed by atoms with van der Waals surface area (Å²) in [5, 5.41) is 0. The minimum atomic E-state index is -0.239. The molecule has 0 atom stereocenters. The van der Waals surface area contributed by atoms with E-state index in [9.17, 15) is 4.39 Å². The third-order valence-electron chi connectivity index (χ3n) is 2.11. The van der Waals surface area contributed by atoms with Crippen LogP contribution in [0.1, 0.15) is 5.56 Å². The van der Waals surface area contributed by atoms with E-state index in [-0.39, 0.29) is 5.82 Å². The Morgan fingerprint density at radius 3 is 2.50 bits per heavy atom. The van der Waals surface area contributed by atoms with Crippen LogP contribution in [0.3, 0.4) is 0 Å². The topological polar surface area (TPSA) is 9.23 Å². The molecular weight excluding hydrogens is 271 g/mol. The van der Waals surface area contributed by atoms with Crippen LogP contribution in [0.5, 0.6) is 5.75 Å². The van der Waals surface area contributed by atoms with Gasteiger partial charge >= 0.3 is 0 Å². The van der Waals surface area contributed by atoms with Gasteiger partial charge in [0, 0.05) is 4.47 Å². The second-order valence-electron chi connectivity index (χ2n) is 3.37. The van der Waals surface area contributed by atoms with Crippen LogP contribution in [-0.2, 0) is 6.61 Å². The SMILES string of the molecule is Fc1cccc(COc2ccc(Br)cc2)c1. The lowest BCUT2D eigenvalue weighted by atomic mass is 10.2. The second-order valence-corrected chi connectivity index (χ2v) is 4.29.